The number of aromatic nitrogens is 3. The number of benzene rings is 1. The number of nitrogens with zero attached hydrogens (tertiary/aromatic N) is 3. The summed E-state index contributed by atoms with van der Waals surface area (Å²) in [5.41, 5.74) is 1.86. The first-order valence-corrected chi connectivity index (χ1v) is 8.37. The molecule has 3 N–H and O–H groups in total. The van der Waals surface area contributed by atoms with E-state index >= 15 is 0 Å². The minimum Gasteiger partial charge on any atom is -0.307 e. The molecule has 3 rings (SSSR count). The summed E-state index contributed by atoms with van der Waals surface area (Å²) in [7, 11) is -3.48. The third-order valence-corrected chi connectivity index (χ3v) is 5.10. The van der Waals surface area contributed by atoms with Gasteiger partial charge in [0.1, 0.15) is 0 Å². The van der Waals surface area contributed by atoms with Gasteiger partial charge in [0.15, 0.2) is 0 Å². The first-order chi connectivity index (χ1) is 10.1. The maximum atomic E-state index is 11.4. The minimum absolute atomic E-state index is 0.0261. The average molecular weight is 307 g/mol. The Bertz CT molecular complexity index is 705. The van der Waals surface area contributed by atoms with Crippen molar-refractivity contribution >= 4 is 10.0 Å². The van der Waals surface area contributed by atoms with E-state index in [4.69, 9.17) is 5.14 Å². The standard InChI is InChI=1S/C13H17N5O2S/c14-21(19,20)11-6-7-12(15-8-11)13-9-16-17-18(13)10-4-2-1-3-5-10/h1-5,9,11-12,15H,6-8H2,(H2,14,19,20). The molecule has 8 heteroatoms. The van der Waals surface area contributed by atoms with Crippen LogP contribution in [-0.2, 0) is 10.0 Å². The van der Waals surface area contributed by atoms with Crippen LogP contribution in [0.1, 0.15) is 24.6 Å². The zero-order chi connectivity index (χ0) is 14.9. The molecule has 1 aliphatic heterocycles. The predicted octanol–water partition coefficient (Wildman–Crippen LogP) is 0.349. The molecule has 1 aliphatic rings. The van der Waals surface area contributed by atoms with E-state index in [1.54, 1.807) is 10.9 Å². The van der Waals surface area contributed by atoms with Gasteiger partial charge < -0.3 is 5.32 Å². The van der Waals surface area contributed by atoms with Gasteiger partial charge in [0.05, 0.1) is 28.9 Å². The fourth-order valence-electron chi connectivity index (χ4n) is 2.61. The van der Waals surface area contributed by atoms with E-state index in [0.29, 0.717) is 19.4 Å². The third-order valence-electron chi connectivity index (χ3n) is 3.77. The molecule has 1 aromatic heterocycles. The Balaban J connectivity index is 1.80. The Morgan fingerprint density at radius 2 is 2.00 bits per heavy atom. The molecule has 0 saturated carbocycles. The third kappa shape index (κ3) is 2.97. The van der Waals surface area contributed by atoms with E-state index in [1.807, 2.05) is 30.3 Å². The quantitative estimate of drug-likeness (QED) is 0.851. The largest absolute Gasteiger partial charge is 0.307 e. The lowest BCUT2D eigenvalue weighted by molar-refractivity contribution is 0.395. The van der Waals surface area contributed by atoms with Crippen molar-refractivity contribution in [1.82, 2.24) is 20.3 Å². The van der Waals surface area contributed by atoms with Gasteiger partial charge in [-0.3, -0.25) is 0 Å². The van der Waals surface area contributed by atoms with Crippen LogP contribution in [0, 0.1) is 0 Å². The molecule has 2 atom stereocenters. The molecule has 0 amide bonds. The van der Waals surface area contributed by atoms with E-state index in [9.17, 15) is 8.42 Å². The molecule has 1 saturated heterocycles. The maximum Gasteiger partial charge on any atom is 0.213 e. The van der Waals surface area contributed by atoms with Crippen molar-refractivity contribution in [2.75, 3.05) is 6.54 Å². The van der Waals surface area contributed by atoms with E-state index in [2.05, 4.69) is 15.6 Å². The molecule has 0 aliphatic carbocycles. The van der Waals surface area contributed by atoms with Gasteiger partial charge in [-0.2, -0.15) is 0 Å². The summed E-state index contributed by atoms with van der Waals surface area (Å²) >= 11 is 0. The van der Waals surface area contributed by atoms with Gasteiger partial charge in [0, 0.05) is 6.54 Å². The first kappa shape index (κ1) is 14.2. The second kappa shape index (κ2) is 5.55. The molecular formula is C13H17N5O2S. The summed E-state index contributed by atoms with van der Waals surface area (Å²) in [6.45, 7) is 0.351. The van der Waals surface area contributed by atoms with Crippen LogP contribution in [0.3, 0.4) is 0 Å². The number of para-hydroxylation sites is 1. The van der Waals surface area contributed by atoms with Crippen LogP contribution in [0.15, 0.2) is 36.5 Å². The summed E-state index contributed by atoms with van der Waals surface area (Å²) in [6.07, 6.45) is 2.93. The summed E-state index contributed by atoms with van der Waals surface area (Å²) in [5.74, 6) is 0. The lowest BCUT2D eigenvalue weighted by Crippen LogP contribution is -2.43. The molecule has 0 bridgehead atoms. The van der Waals surface area contributed by atoms with Crippen LogP contribution in [-0.4, -0.2) is 35.2 Å². The van der Waals surface area contributed by atoms with Crippen LogP contribution < -0.4 is 10.5 Å². The molecule has 0 spiro atoms. The second-order valence-electron chi connectivity index (χ2n) is 5.16. The molecule has 21 heavy (non-hydrogen) atoms. The average Bonchev–Trinajstić information content (AvgIpc) is 2.97. The van der Waals surface area contributed by atoms with Crippen molar-refractivity contribution in [3.8, 4) is 5.69 Å². The van der Waals surface area contributed by atoms with Crippen molar-refractivity contribution < 1.29 is 8.42 Å². The molecular weight excluding hydrogens is 290 g/mol. The van der Waals surface area contributed by atoms with Crippen molar-refractivity contribution in [3.63, 3.8) is 0 Å². The van der Waals surface area contributed by atoms with Crippen molar-refractivity contribution in [2.24, 2.45) is 5.14 Å². The van der Waals surface area contributed by atoms with Gasteiger partial charge >= 0.3 is 0 Å². The predicted molar refractivity (Wildman–Crippen MR) is 78.2 cm³/mol. The van der Waals surface area contributed by atoms with Crippen molar-refractivity contribution in [2.45, 2.75) is 24.1 Å². The zero-order valence-electron chi connectivity index (χ0n) is 11.4. The van der Waals surface area contributed by atoms with Crippen LogP contribution in [0.5, 0.6) is 0 Å². The van der Waals surface area contributed by atoms with E-state index in [-0.39, 0.29) is 6.04 Å². The van der Waals surface area contributed by atoms with Crippen LogP contribution >= 0.6 is 0 Å². The lowest BCUT2D eigenvalue weighted by atomic mass is 10.0. The topological polar surface area (TPSA) is 103 Å². The fourth-order valence-corrected chi connectivity index (χ4v) is 3.41. The summed E-state index contributed by atoms with van der Waals surface area (Å²) in [5, 5.41) is 16.0. The Morgan fingerprint density at radius 1 is 1.24 bits per heavy atom. The number of hydrogen-bond acceptors (Lipinski definition) is 5. The first-order valence-electron chi connectivity index (χ1n) is 6.77. The summed E-state index contributed by atoms with van der Waals surface area (Å²) in [6, 6.07) is 9.74. The molecule has 1 aromatic carbocycles. The molecule has 2 unspecified atom stereocenters. The highest BCUT2D eigenvalue weighted by Crippen LogP contribution is 2.25. The van der Waals surface area contributed by atoms with Gasteiger partial charge in [-0.25, -0.2) is 18.2 Å². The van der Waals surface area contributed by atoms with Gasteiger partial charge in [-0.15, -0.1) is 5.10 Å². The highest BCUT2D eigenvalue weighted by molar-refractivity contribution is 7.89. The maximum absolute atomic E-state index is 11.4. The highest BCUT2D eigenvalue weighted by atomic mass is 32.2. The number of hydrogen-bond donors (Lipinski definition) is 2. The zero-order valence-corrected chi connectivity index (χ0v) is 12.2. The molecule has 1 fully saturated rings. The highest BCUT2D eigenvalue weighted by Gasteiger charge is 2.30. The van der Waals surface area contributed by atoms with Crippen molar-refractivity contribution in [3.05, 3.63) is 42.2 Å². The molecule has 112 valence electrons. The second-order valence-corrected chi connectivity index (χ2v) is 7.00. The molecule has 7 nitrogen and oxygen atoms in total. The van der Waals surface area contributed by atoms with Gasteiger partial charge in [-0.05, 0) is 25.0 Å². The normalized spacial score (nSPS) is 23.1. The molecule has 2 heterocycles. The van der Waals surface area contributed by atoms with Gasteiger partial charge in [0.2, 0.25) is 10.0 Å². The fraction of sp³-hybridized carbons (Fsp3) is 0.385. The lowest BCUT2D eigenvalue weighted by Gasteiger charge is -2.28. The van der Waals surface area contributed by atoms with Crippen LogP contribution in [0.25, 0.3) is 5.69 Å². The number of nitrogens with one attached hydrogen (secondary N) is 1. The monoisotopic (exact) mass is 307 g/mol. The molecule has 0 radical (unpaired) electrons. The minimum atomic E-state index is -3.48. The number of sulfonamides is 1. The Labute approximate surface area is 123 Å². The Hall–Kier alpha value is -1.77. The van der Waals surface area contributed by atoms with Gasteiger partial charge in [0.25, 0.3) is 0 Å². The van der Waals surface area contributed by atoms with E-state index < -0.39 is 15.3 Å². The van der Waals surface area contributed by atoms with Crippen LogP contribution in [0.2, 0.25) is 0 Å². The smallest absolute Gasteiger partial charge is 0.213 e. The summed E-state index contributed by atoms with van der Waals surface area (Å²) < 4.78 is 24.5. The number of piperidine rings is 1. The van der Waals surface area contributed by atoms with Crippen molar-refractivity contribution in [1.29, 1.82) is 0 Å². The Kier molecular flexibility index (Phi) is 3.75. The summed E-state index contributed by atoms with van der Waals surface area (Å²) in [4.78, 5) is 0. The number of nitrogens with two attached hydrogens (primary N) is 1. The Morgan fingerprint density at radius 3 is 2.62 bits per heavy atom. The van der Waals surface area contributed by atoms with E-state index in [0.717, 1.165) is 11.4 Å². The SMILES string of the molecule is NS(=O)(=O)C1CCC(c2cnnn2-c2ccccc2)NC1. The number of primary sulfonamides is 1. The number of rotatable bonds is 3. The van der Waals surface area contributed by atoms with E-state index in [1.165, 1.54) is 0 Å². The molecule has 2 aromatic rings. The van der Waals surface area contributed by atoms with Crippen LogP contribution in [0.4, 0.5) is 0 Å². The van der Waals surface area contributed by atoms with Gasteiger partial charge in [-0.1, -0.05) is 23.4 Å².